The summed E-state index contributed by atoms with van der Waals surface area (Å²) in [4.78, 5) is 11.2. The zero-order valence-electron chi connectivity index (χ0n) is 15.1. The van der Waals surface area contributed by atoms with Crippen LogP contribution in [-0.2, 0) is 14.3 Å². The number of allylic oxidation sites excluding steroid dienone is 1. The summed E-state index contributed by atoms with van der Waals surface area (Å²) >= 11 is 0. The van der Waals surface area contributed by atoms with Crippen LogP contribution >= 0.6 is 0 Å². The fourth-order valence-electron chi connectivity index (χ4n) is 2.62. The Morgan fingerprint density at radius 2 is 2.04 bits per heavy atom. The molecule has 1 aliphatic rings. The number of methoxy groups -OCH3 is 1. The molecule has 0 bridgehead atoms. The van der Waals surface area contributed by atoms with Crippen molar-refractivity contribution in [3.8, 4) is 0 Å². The van der Waals surface area contributed by atoms with Crippen LogP contribution in [0.2, 0.25) is 0 Å². The van der Waals surface area contributed by atoms with Gasteiger partial charge in [-0.05, 0) is 26.7 Å². The molecule has 1 fully saturated rings. The van der Waals surface area contributed by atoms with Crippen LogP contribution in [0, 0.1) is 11.8 Å². The van der Waals surface area contributed by atoms with Crippen molar-refractivity contribution in [2.75, 3.05) is 13.7 Å². The minimum Gasteiger partial charge on any atom is -0.466 e. The van der Waals surface area contributed by atoms with E-state index < -0.39 is 24.3 Å². The van der Waals surface area contributed by atoms with Crippen molar-refractivity contribution in [2.24, 2.45) is 11.8 Å². The predicted octanol–water partition coefficient (Wildman–Crippen LogP) is 0.445. The second-order valence-electron chi connectivity index (χ2n) is 6.83. The van der Waals surface area contributed by atoms with E-state index in [2.05, 4.69) is 30.4 Å². The van der Waals surface area contributed by atoms with E-state index in [9.17, 15) is 15.0 Å². The number of esters is 1. The van der Waals surface area contributed by atoms with Gasteiger partial charge in [0.2, 0.25) is 0 Å². The number of carbonyl (C=O) groups excluding carboxylic acids is 1. The molecule has 0 aromatic heterocycles. The Hall–Kier alpha value is -1.21. The van der Waals surface area contributed by atoms with Gasteiger partial charge in [-0.2, -0.15) is 0 Å². The van der Waals surface area contributed by atoms with Crippen LogP contribution < -0.4 is 5.73 Å². The molecule has 0 radical (unpaired) electrons. The van der Waals surface area contributed by atoms with Gasteiger partial charge in [0, 0.05) is 17.9 Å². The molecule has 6 nitrogen and oxygen atoms in total. The van der Waals surface area contributed by atoms with Crippen LogP contribution in [0.3, 0.4) is 0 Å². The molecule has 6 atom stereocenters. The molecule has 0 aromatic rings. The van der Waals surface area contributed by atoms with Gasteiger partial charge in [-0.25, -0.2) is 4.79 Å². The second kappa shape index (κ2) is 9.93. The second-order valence-corrected chi connectivity index (χ2v) is 6.83. The van der Waals surface area contributed by atoms with Gasteiger partial charge in [0.15, 0.2) is 0 Å². The quantitative estimate of drug-likeness (QED) is 0.354. The number of hydrogen-bond donors (Lipinski definition) is 3. The topological polar surface area (TPSA) is 104 Å². The highest BCUT2D eigenvalue weighted by Crippen LogP contribution is 2.27. The summed E-state index contributed by atoms with van der Waals surface area (Å²) in [5.74, 6) is -0.199. The number of aliphatic hydroxyl groups is 2. The Kier molecular flexibility index (Phi) is 8.62. The van der Waals surface area contributed by atoms with Crippen molar-refractivity contribution in [1.29, 1.82) is 0 Å². The minimum atomic E-state index is -0.970. The first-order valence-electron chi connectivity index (χ1n) is 8.48. The van der Waals surface area contributed by atoms with Crippen LogP contribution in [0.4, 0.5) is 0 Å². The van der Waals surface area contributed by atoms with E-state index in [1.54, 1.807) is 6.92 Å². The smallest absolute Gasteiger partial charge is 0.330 e. The van der Waals surface area contributed by atoms with Gasteiger partial charge in [0.25, 0.3) is 0 Å². The van der Waals surface area contributed by atoms with E-state index in [-0.39, 0.29) is 5.92 Å². The average Bonchev–Trinajstić information content (AvgIpc) is 2.53. The molecule has 1 saturated heterocycles. The zero-order valence-corrected chi connectivity index (χ0v) is 15.1. The number of hydrogen-bond acceptors (Lipinski definition) is 5. The van der Waals surface area contributed by atoms with E-state index in [4.69, 9.17) is 4.74 Å². The maximum atomic E-state index is 11.2. The first kappa shape index (κ1) is 20.8. The summed E-state index contributed by atoms with van der Waals surface area (Å²) < 4.78 is 10.3. The number of rotatable bonds is 7. The van der Waals surface area contributed by atoms with Gasteiger partial charge >= 0.3 is 5.97 Å². The summed E-state index contributed by atoms with van der Waals surface area (Å²) in [7, 11) is 1.32. The van der Waals surface area contributed by atoms with Crippen molar-refractivity contribution in [3.63, 3.8) is 0 Å². The average molecular weight is 342 g/mol. The van der Waals surface area contributed by atoms with Crippen molar-refractivity contribution in [3.05, 3.63) is 23.8 Å². The highest BCUT2D eigenvalue weighted by Gasteiger charge is 2.37. The van der Waals surface area contributed by atoms with Crippen LogP contribution in [0.15, 0.2) is 23.8 Å². The molecule has 1 heterocycles. The van der Waals surface area contributed by atoms with Crippen molar-refractivity contribution in [1.82, 2.24) is 0 Å². The van der Waals surface area contributed by atoms with Gasteiger partial charge < -0.3 is 25.4 Å². The fraction of sp³-hybridized carbons (Fsp3) is 0.722. The molecule has 24 heavy (non-hydrogen) atoms. The van der Waals surface area contributed by atoms with Crippen LogP contribution in [0.5, 0.6) is 0 Å². The van der Waals surface area contributed by atoms with Crippen molar-refractivity contribution < 1.29 is 30.2 Å². The number of ether oxygens (including phenoxy) is 2. The van der Waals surface area contributed by atoms with E-state index in [1.807, 2.05) is 6.08 Å². The Bertz CT molecular complexity index is 460. The monoisotopic (exact) mass is 342 g/mol. The summed E-state index contributed by atoms with van der Waals surface area (Å²) in [5.41, 5.74) is 4.74. The van der Waals surface area contributed by atoms with Gasteiger partial charge in [-0.1, -0.05) is 24.6 Å². The third-order valence-corrected chi connectivity index (χ3v) is 4.60. The third kappa shape index (κ3) is 6.36. The Labute approximate surface area is 144 Å². The summed E-state index contributed by atoms with van der Waals surface area (Å²) in [5, 5.41) is 20.6. The van der Waals surface area contributed by atoms with E-state index in [0.29, 0.717) is 31.4 Å². The molecule has 0 aromatic carbocycles. The lowest BCUT2D eigenvalue weighted by molar-refractivity contribution is -0.422. The van der Waals surface area contributed by atoms with Gasteiger partial charge in [0.1, 0.15) is 6.10 Å². The van der Waals surface area contributed by atoms with Gasteiger partial charge in [-0.3, -0.25) is 0 Å². The zero-order chi connectivity index (χ0) is 18.3. The molecule has 0 amide bonds. The standard InChI is InChI=1S/C18H31NO5/c1-11(9-16(20)23-4)8-15-18(22)17(21)14(10-24-15)7-5-6-12(2)13(3)19/h5-6,9,12-15,17-18,21-22H,7-8,10,19H2,1-4H3/p+1/b6-5+,11-9+/t12-,13?,14+,15+,17-,18+/m1/s1. The first-order chi connectivity index (χ1) is 11.3. The molecule has 0 aliphatic carbocycles. The summed E-state index contributed by atoms with van der Waals surface area (Å²) in [6.45, 7) is 6.32. The maximum Gasteiger partial charge on any atom is 0.330 e. The highest BCUT2D eigenvalue weighted by atomic mass is 16.5. The molecular weight excluding hydrogens is 310 g/mol. The maximum absolute atomic E-state index is 11.2. The van der Waals surface area contributed by atoms with E-state index >= 15 is 0 Å². The molecule has 6 heteroatoms. The lowest BCUT2D eigenvalue weighted by Crippen LogP contribution is -2.61. The van der Waals surface area contributed by atoms with Crippen LogP contribution in [0.1, 0.15) is 33.6 Å². The Morgan fingerprint density at radius 1 is 1.38 bits per heavy atom. The molecule has 0 saturated carbocycles. The summed E-state index contributed by atoms with van der Waals surface area (Å²) in [6.07, 6.45) is 4.20. The SMILES string of the molecule is COC(=O)/C=C(\C)C[C@@H]1OC[C@H](C/C=C/[C@@H](C)C(C)[NH3+])[C@@H](O)[C@H]1O. The van der Waals surface area contributed by atoms with Crippen LogP contribution in [-0.4, -0.2) is 54.3 Å². The highest BCUT2D eigenvalue weighted by molar-refractivity contribution is 5.82. The van der Waals surface area contributed by atoms with E-state index in [1.165, 1.54) is 13.2 Å². The number of aliphatic hydroxyl groups excluding tert-OH is 2. The molecule has 0 spiro atoms. The Morgan fingerprint density at radius 3 is 2.62 bits per heavy atom. The van der Waals surface area contributed by atoms with Crippen molar-refractivity contribution >= 4 is 5.97 Å². The van der Waals surface area contributed by atoms with E-state index in [0.717, 1.165) is 5.57 Å². The predicted molar refractivity (Wildman–Crippen MR) is 90.9 cm³/mol. The molecular formula is C18H32NO5+. The van der Waals surface area contributed by atoms with Gasteiger partial charge in [0.05, 0.1) is 32.0 Å². The lowest BCUT2D eigenvalue weighted by Gasteiger charge is -2.37. The first-order valence-corrected chi connectivity index (χ1v) is 8.48. The number of carbonyl (C=O) groups is 1. The molecule has 1 rings (SSSR count). The van der Waals surface area contributed by atoms with Gasteiger partial charge in [-0.15, -0.1) is 0 Å². The molecule has 5 N–H and O–H groups in total. The molecule has 138 valence electrons. The molecule has 1 unspecified atom stereocenters. The lowest BCUT2D eigenvalue weighted by atomic mass is 9.87. The fourth-order valence-corrected chi connectivity index (χ4v) is 2.62. The summed E-state index contributed by atoms with van der Waals surface area (Å²) in [6, 6.07) is 0.327. The van der Waals surface area contributed by atoms with Crippen molar-refractivity contribution in [2.45, 2.75) is 58.0 Å². The number of quaternary nitrogens is 1. The molecule has 1 aliphatic heterocycles. The largest absolute Gasteiger partial charge is 0.466 e. The minimum absolute atomic E-state index is 0.135. The third-order valence-electron chi connectivity index (χ3n) is 4.60. The normalized spacial score (nSPS) is 31.0. The Balaban J connectivity index is 2.55. The van der Waals surface area contributed by atoms with Crippen LogP contribution in [0.25, 0.3) is 0 Å².